The number of aromatic nitrogens is 2. The number of carbonyl (C=O) groups excluding carboxylic acids is 1. The molecular weight excluding hydrogens is 309 g/mol. The molecule has 3 rings (SSSR count). The number of carbonyl (C=O) groups is 1. The van der Waals surface area contributed by atoms with Crippen molar-refractivity contribution in [3.63, 3.8) is 0 Å². The lowest BCUT2D eigenvalue weighted by Crippen LogP contribution is -2.32. The Balaban J connectivity index is 1.83. The van der Waals surface area contributed by atoms with E-state index in [1.165, 1.54) is 0 Å². The van der Waals surface area contributed by atoms with Crippen molar-refractivity contribution in [3.8, 4) is 11.1 Å². The van der Waals surface area contributed by atoms with Crippen molar-refractivity contribution in [1.82, 2.24) is 14.9 Å². The highest BCUT2D eigenvalue weighted by Crippen LogP contribution is 2.25. The first-order valence-corrected chi connectivity index (χ1v) is 7.75. The van der Waals surface area contributed by atoms with Gasteiger partial charge in [-0.3, -0.25) is 4.79 Å². The van der Waals surface area contributed by atoms with Gasteiger partial charge in [0.2, 0.25) is 5.91 Å². The van der Waals surface area contributed by atoms with Gasteiger partial charge in [0.1, 0.15) is 5.82 Å². The van der Waals surface area contributed by atoms with Crippen LogP contribution in [0.2, 0.25) is 0 Å². The number of nitrogens with zero attached hydrogens (tertiary/aromatic N) is 3. The van der Waals surface area contributed by atoms with Gasteiger partial charge in [0.15, 0.2) is 5.82 Å². The van der Waals surface area contributed by atoms with Crippen LogP contribution in [0.4, 0.5) is 4.39 Å². The van der Waals surface area contributed by atoms with Crippen molar-refractivity contribution < 1.29 is 14.3 Å². The molecule has 0 saturated heterocycles. The number of amides is 1. The second-order valence-electron chi connectivity index (χ2n) is 5.68. The second-order valence-corrected chi connectivity index (χ2v) is 5.68. The molecule has 0 aliphatic carbocycles. The lowest BCUT2D eigenvalue weighted by molar-refractivity contribution is -0.128. The predicted octanol–water partition coefficient (Wildman–Crippen LogP) is 2.41. The van der Waals surface area contributed by atoms with Gasteiger partial charge in [-0.15, -0.1) is 0 Å². The number of hydrogen-bond donors (Lipinski definition) is 1. The molecule has 24 heavy (non-hydrogen) atoms. The first-order chi connectivity index (χ1) is 11.6. The van der Waals surface area contributed by atoms with Gasteiger partial charge in [-0.05, 0) is 12.0 Å². The van der Waals surface area contributed by atoms with Gasteiger partial charge in [-0.2, -0.15) is 0 Å². The Bertz CT molecular complexity index is 787. The molecule has 0 atom stereocenters. The summed E-state index contributed by atoms with van der Waals surface area (Å²) in [4.78, 5) is 21.8. The van der Waals surface area contributed by atoms with Gasteiger partial charge in [-0.1, -0.05) is 24.3 Å². The smallest absolute Gasteiger partial charge is 0.219 e. The van der Waals surface area contributed by atoms with Crippen LogP contribution < -0.4 is 0 Å². The van der Waals surface area contributed by atoms with E-state index >= 15 is 0 Å². The maximum atomic E-state index is 14.3. The molecule has 1 aromatic heterocycles. The fourth-order valence-corrected chi connectivity index (χ4v) is 2.72. The molecule has 0 radical (unpaired) electrons. The third-order valence-corrected chi connectivity index (χ3v) is 4.15. The van der Waals surface area contributed by atoms with Crippen LogP contribution in [0, 0.1) is 5.82 Å². The van der Waals surface area contributed by atoms with E-state index in [4.69, 9.17) is 5.11 Å². The van der Waals surface area contributed by atoms with Crippen LogP contribution in [-0.2, 0) is 11.4 Å². The lowest BCUT2D eigenvalue weighted by atomic mass is 10.0. The monoisotopic (exact) mass is 327 g/mol. The van der Waals surface area contributed by atoms with Gasteiger partial charge < -0.3 is 10.0 Å². The van der Waals surface area contributed by atoms with E-state index in [9.17, 15) is 9.18 Å². The van der Waals surface area contributed by atoms with Crippen molar-refractivity contribution in [2.24, 2.45) is 0 Å². The third-order valence-electron chi connectivity index (χ3n) is 4.15. The second kappa shape index (κ2) is 6.88. The quantitative estimate of drug-likeness (QED) is 0.940. The van der Waals surface area contributed by atoms with Crippen molar-refractivity contribution in [3.05, 3.63) is 53.9 Å². The number of hydrogen-bond acceptors (Lipinski definition) is 4. The number of aliphatic hydroxyl groups excluding tert-OH is 1. The standard InChI is InChI=1S/C18H18FN3O2/c1-12(24)22-7-5-13(6-8-22)18-20-9-15(10-21-18)16-4-2-3-14(11-23)17(16)19/h2-5,9-10,23H,6-8,11H2,1H3. The highest BCUT2D eigenvalue weighted by Gasteiger charge is 2.17. The first-order valence-electron chi connectivity index (χ1n) is 7.75. The molecular formula is C18H18FN3O2. The summed E-state index contributed by atoms with van der Waals surface area (Å²) in [5, 5.41) is 9.16. The molecule has 2 heterocycles. The van der Waals surface area contributed by atoms with Crippen molar-refractivity contribution >= 4 is 11.5 Å². The van der Waals surface area contributed by atoms with Crippen LogP contribution in [0.5, 0.6) is 0 Å². The molecule has 0 fully saturated rings. The molecule has 2 aromatic rings. The lowest BCUT2D eigenvalue weighted by Gasteiger charge is -2.24. The van der Waals surface area contributed by atoms with E-state index in [-0.39, 0.29) is 18.1 Å². The minimum Gasteiger partial charge on any atom is -0.392 e. The molecule has 5 nitrogen and oxygen atoms in total. The highest BCUT2D eigenvalue weighted by atomic mass is 19.1. The number of aliphatic hydroxyl groups is 1. The zero-order valence-electron chi connectivity index (χ0n) is 13.4. The third kappa shape index (κ3) is 3.19. The van der Waals surface area contributed by atoms with Gasteiger partial charge in [0.05, 0.1) is 6.61 Å². The van der Waals surface area contributed by atoms with Crippen molar-refractivity contribution in [1.29, 1.82) is 0 Å². The molecule has 1 aliphatic rings. The van der Waals surface area contributed by atoms with Crippen LogP contribution in [-0.4, -0.2) is 39.0 Å². The fraction of sp³-hybridized carbons (Fsp3) is 0.278. The van der Waals surface area contributed by atoms with E-state index in [1.807, 2.05) is 6.08 Å². The van der Waals surface area contributed by atoms with Gasteiger partial charge in [0, 0.05) is 49.1 Å². The Labute approximate surface area is 139 Å². The van der Waals surface area contributed by atoms with Crippen LogP contribution >= 0.6 is 0 Å². The predicted molar refractivity (Wildman–Crippen MR) is 88.2 cm³/mol. The molecule has 1 aromatic carbocycles. The SMILES string of the molecule is CC(=O)N1CC=C(c2ncc(-c3cccc(CO)c3F)cn2)CC1. The highest BCUT2D eigenvalue weighted by molar-refractivity contribution is 5.75. The molecule has 0 spiro atoms. The Hall–Kier alpha value is -2.60. The summed E-state index contributed by atoms with van der Waals surface area (Å²) in [5.41, 5.74) is 2.17. The summed E-state index contributed by atoms with van der Waals surface area (Å²) in [7, 11) is 0. The summed E-state index contributed by atoms with van der Waals surface area (Å²) in [5.74, 6) is 0.201. The molecule has 1 aliphatic heterocycles. The Morgan fingerprint density at radius 2 is 2.08 bits per heavy atom. The molecule has 0 saturated carbocycles. The van der Waals surface area contributed by atoms with Gasteiger partial charge in [0.25, 0.3) is 0 Å². The number of halogens is 1. The van der Waals surface area contributed by atoms with Gasteiger partial charge in [-0.25, -0.2) is 14.4 Å². The van der Waals surface area contributed by atoms with E-state index in [0.29, 0.717) is 36.5 Å². The van der Waals surface area contributed by atoms with Crippen LogP contribution in [0.15, 0.2) is 36.7 Å². The summed E-state index contributed by atoms with van der Waals surface area (Å²) in [6, 6.07) is 4.87. The average Bonchev–Trinajstić information content (AvgIpc) is 2.62. The van der Waals surface area contributed by atoms with Crippen molar-refractivity contribution in [2.75, 3.05) is 13.1 Å². The fourth-order valence-electron chi connectivity index (χ4n) is 2.72. The Morgan fingerprint density at radius 1 is 1.33 bits per heavy atom. The maximum Gasteiger partial charge on any atom is 0.219 e. The molecule has 0 unspecified atom stereocenters. The topological polar surface area (TPSA) is 66.3 Å². The number of benzene rings is 1. The largest absolute Gasteiger partial charge is 0.392 e. The molecule has 1 amide bonds. The van der Waals surface area contributed by atoms with Crippen LogP contribution in [0.1, 0.15) is 24.7 Å². The van der Waals surface area contributed by atoms with Crippen LogP contribution in [0.25, 0.3) is 16.7 Å². The Kier molecular flexibility index (Phi) is 4.66. The zero-order chi connectivity index (χ0) is 17.1. The minimum atomic E-state index is -0.453. The summed E-state index contributed by atoms with van der Waals surface area (Å²) in [6.45, 7) is 2.42. The van der Waals surface area contributed by atoms with E-state index in [0.717, 1.165) is 5.57 Å². The normalized spacial score (nSPS) is 14.5. The van der Waals surface area contributed by atoms with E-state index in [2.05, 4.69) is 9.97 Å². The molecule has 6 heteroatoms. The zero-order valence-corrected chi connectivity index (χ0v) is 13.4. The van der Waals surface area contributed by atoms with Crippen LogP contribution in [0.3, 0.4) is 0 Å². The number of rotatable bonds is 3. The van der Waals surface area contributed by atoms with E-state index < -0.39 is 5.82 Å². The summed E-state index contributed by atoms with van der Waals surface area (Å²) < 4.78 is 14.3. The first kappa shape index (κ1) is 16.3. The van der Waals surface area contributed by atoms with Crippen molar-refractivity contribution in [2.45, 2.75) is 20.0 Å². The molecule has 0 bridgehead atoms. The van der Waals surface area contributed by atoms with E-state index in [1.54, 1.807) is 42.4 Å². The summed E-state index contributed by atoms with van der Waals surface area (Å²) >= 11 is 0. The molecule has 124 valence electrons. The minimum absolute atomic E-state index is 0.0563. The maximum absolute atomic E-state index is 14.3. The molecule has 1 N–H and O–H groups in total. The van der Waals surface area contributed by atoms with Gasteiger partial charge >= 0.3 is 0 Å². The average molecular weight is 327 g/mol. The summed E-state index contributed by atoms with van der Waals surface area (Å²) in [6.07, 6.45) is 5.82. The Morgan fingerprint density at radius 3 is 2.67 bits per heavy atom.